The van der Waals surface area contributed by atoms with E-state index in [1.165, 1.54) is 17.1 Å². The number of aromatic amines is 1. The van der Waals surface area contributed by atoms with Crippen LogP contribution in [0.1, 0.15) is 5.76 Å². The Kier molecular flexibility index (Phi) is 4.96. The standard InChI is InChI=1S/C14H15N5O4S/c20-4-3-19-12-10(7-16-19)13(22)18-14(17-12)24-8-11(21)15-6-9-2-1-5-23-9/h1-2,5,7,20H,3-4,6,8H2,(H,15,21)(H,17,18,22). The summed E-state index contributed by atoms with van der Waals surface area (Å²) in [5.74, 6) is 0.556. The van der Waals surface area contributed by atoms with Gasteiger partial charge in [-0.3, -0.25) is 9.59 Å². The number of nitrogens with one attached hydrogen (secondary N) is 2. The van der Waals surface area contributed by atoms with Crippen LogP contribution in [0.5, 0.6) is 0 Å². The predicted octanol–water partition coefficient (Wildman–Crippen LogP) is 0.113. The average molecular weight is 349 g/mol. The molecule has 24 heavy (non-hydrogen) atoms. The highest BCUT2D eigenvalue weighted by molar-refractivity contribution is 7.99. The number of hydrogen-bond donors (Lipinski definition) is 3. The lowest BCUT2D eigenvalue weighted by Crippen LogP contribution is -2.24. The van der Waals surface area contributed by atoms with E-state index in [0.29, 0.717) is 28.5 Å². The first-order chi connectivity index (χ1) is 11.7. The molecule has 0 unspecified atom stereocenters. The number of carbonyl (C=O) groups excluding carboxylic acids is 1. The molecule has 0 atom stereocenters. The van der Waals surface area contributed by atoms with Gasteiger partial charge in [0, 0.05) is 0 Å². The van der Waals surface area contributed by atoms with Gasteiger partial charge in [0.05, 0.1) is 37.9 Å². The molecule has 10 heteroatoms. The number of aliphatic hydroxyl groups excluding tert-OH is 1. The van der Waals surface area contributed by atoms with E-state index in [1.54, 1.807) is 12.1 Å². The summed E-state index contributed by atoms with van der Waals surface area (Å²) in [6.07, 6.45) is 2.94. The smallest absolute Gasteiger partial charge is 0.262 e. The van der Waals surface area contributed by atoms with Crippen molar-refractivity contribution in [1.29, 1.82) is 0 Å². The Bertz CT molecular complexity index is 886. The lowest BCUT2D eigenvalue weighted by Gasteiger charge is -2.04. The maximum absolute atomic E-state index is 12.0. The van der Waals surface area contributed by atoms with Crippen LogP contribution >= 0.6 is 11.8 Å². The Labute approximate surface area is 140 Å². The van der Waals surface area contributed by atoms with Crippen LogP contribution in [0.15, 0.2) is 39.0 Å². The molecule has 0 aromatic carbocycles. The Morgan fingerprint density at radius 1 is 1.50 bits per heavy atom. The minimum Gasteiger partial charge on any atom is -0.467 e. The van der Waals surface area contributed by atoms with E-state index in [-0.39, 0.29) is 30.4 Å². The minimum absolute atomic E-state index is 0.100. The highest BCUT2D eigenvalue weighted by Crippen LogP contribution is 2.14. The molecule has 0 aliphatic heterocycles. The van der Waals surface area contributed by atoms with Gasteiger partial charge >= 0.3 is 0 Å². The second-order valence-electron chi connectivity index (χ2n) is 4.84. The number of fused-ring (bicyclic) bond motifs is 1. The first-order valence-electron chi connectivity index (χ1n) is 7.16. The van der Waals surface area contributed by atoms with Crippen molar-refractivity contribution in [2.45, 2.75) is 18.2 Å². The van der Waals surface area contributed by atoms with Crippen LogP contribution in [0.25, 0.3) is 11.0 Å². The SMILES string of the molecule is O=C(CSc1nc2c(cnn2CCO)c(=O)[nH]1)NCc1ccco1. The highest BCUT2D eigenvalue weighted by atomic mass is 32.2. The predicted molar refractivity (Wildman–Crippen MR) is 86.5 cm³/mol. The molecule has 0 fully saturated rings. The van der Waals surface area contributed by atoms with Crippen molar-refractivity contribution < 1.29 is 14.3 Å². The van der Waals surface area contributed by atoms with Crippen molar-refractivity contribution in [3.05, 3.63) is 40.7 Å². The molecule has 0 saturated carbocycles. The van der Waals surface area contributed by atoms with E-state index in [1.807, 2.05) is 0 Å². The summed E-state index contributed by atoms with van der Waals surface area (Å²) in [6.45, 7) is 0.440. The zero-order chi connectivity index (χ0) is 16.9. The molecule has 3 N–H and O–H groups in total. The maximum atomic E-state index is 12.0. The van der Waals surface area contributed by atoms with Crippen LogP contribution < -0.4 is 10.9 Å². The Morgan fingerprint density at radius 3 is 3.12 bits per heavy atom. The number of hydrogen-bond acceptors (Lipinski definition) is 7. The van der Waals surface area contributed by atoms with E-state index in [9.17, 15) is 9.59 Å². The third-order valence-corrected chi connectivity index (χ3v) is 4.05. The van der Waals surface area contributed by atoms with E-state index < -0.39 is 0 Å². The second kappa shape index (κ2) is 7.32. The first-order valence-corrected chi connectivity index (χ1v) is 8.14. The molecule has 0 bridgehead atoms. The van der Waals surface area contributed by atoms with Gasteiger partial charge in [0.15, 0.2) is 10.8 Å². The number of rotatable bonds is 7. The molecule has 3 rings (SSSR count). The fourth-order valence-electron chi connectivity index (χ4n) is 2.06. The van der Waals surface area contributed by atoms with Gasteiger partial charge in [-0.05, 0) is 12.1 Å². The number of carbonyl (C=O) groups is 1. The zero-order valence-electron chi connectivity index (χ0n) is 12.6. The van der Waals surface area contributed by atoms with Gasteiger partial charge in [0.2, 0.25) is 5.91 Å². The molecule has 3 aromatic rings. The summed E-state index contributed by atoms with van der Waals surface area (Å²) in [7, 11) is 0. The van der Waals surface area contributed by atoms with Gasteiger partial charge in [0.25, 0.3) is 5.56 Å². The molecule has 0 saturated heterocycles. The van der Waals surface area contributed by atoms with Crippen molar-refractivity contribution >= 4 is 28.7 Å². The molecule has 0 spiro atoms. The summed E-state index contributed by atoms with van der Waals surface area (Å²) < 4.78 is 6.58. The van der Waals surface area contributed by atoms with Gasteiger partial charge in [-0.2, -0.15) is 5.10 Å². The third kappa shape index (κ3) is 3.66. The number of thioether (sulfide) groups is 1. The van der Waals surface area contributed by atoms with Crippen LogP contribution in [0.4, 0.5) is 0 Å². The van der Waals surface area contributed by atoms with E-state index in [2.05, 4.69) is 20.4 Å². The first kappa shape index (κ1) is 16.3. The molecule has 0 aliphatic rings. The number of furan rings is 1. The number of aliphatic hydroxyl groups is 1. The average Bonchev–Trinajstić information content (AvgIpc) is 3.22. The fourth-order valence-corrected chi connectivity index (χ4v) is 2.74. The topological polar surface area (TPSA) is 126 Å². The zero-order valence-corrected chi connectivity index (χ0v) is 13.4. The number of amides is 1. The van der Waals surface area contributed by atoms with E-state index in [0.717, 1.165) is 11.8 Å². The minimum atomic E-state index is -0.331. The molecule has 126 valence electrons. The van der Waals surface area contributed by atoms with Crippen LogP contribution in [-0.4, -0.2) is 43.1 Å². The summed E-state index contributed by atoms with van der Waals surface area (Å²) in [5.41, 5.74) is 0.0500. The van der Waals surface area contributed by atoms with Crippen LogP contribution in [0.3, 0.4) is 0 Å². The Morgan fingerprint density at radius 2 is 2.38 bits per heavy atom. The van der Waals surface area contributed by atoms with Crippen LogP contribution in [0.2, 0.25) is 0 Å². The van der Waals surface area contributed by atoms with E-state index in [4.69, 9.17) is 9.52 Å². The van der Waals surface area contributed by atoms with Crippen LogP contribution in [-0.2, 0) is 17.9 Å². The van der Waals surface area contributed by atoms with Gasteiger partial charge in [-0.25, -0.2) is 9.67 Å². The largest absolute Gasteiger partial charge is 0.467 e. The highest BCUT2D eigenvalue weighted by Gasteiger charge is 2.11. The summed E-state index contributed by atoms with van der Waals surface area (Å²) in [5, 5.41) is 16.4. The molecular formula is C14H15N5O4S. The van der Waals surface area contributed by atoms with Crippen molar-refractivity contribution in [2.24, 2.45) is 0 Å². The van der Waals surface area contributed by atoms with Crippen molar-refractivity contribution in [3.63, 3.8) is 0 Å². The number of aromatic nitrogens is 4. The Balaban J connectivity index is 1.65. The molecule has 3 aromatic heterocycles. The van der Waals surface area contributed by atoms with Gasteiger partial charge < -0.3 is 19.8 Å². The van der Waals surface area contributed by atoms with Gasteiger partial charge in [-0.1, -0.05) is 11.8 Å². The van der Waals surface area contributed by atoms with Gasteiger partial charge in [-0.15, -0.1) is 0 Å². The summed E-state index contributed by atoms with van der Waals surface area (Å²) in [4.78, 5) is 30.7. The summed E-state index contributed by atoms with van der Waals surface area (Å²) >= 11 is 1.11. The summed E-state index contributed by atoms with van der Waals surface area (Å²) in [6, 6.07) is 3.51. The van der Waals surface area contributed by atoms with Crippen molar-refractivity contribution in [3.8, 4) is 0 Å². The maximum Gasteiger partial charge on any atom is 0.262 e. The lowest BCUT2D eigenvalue weighted by molar-refractivity contribution is -0.118. The Hall–Kier alpha value is -2.59. The molecule has 3 heterocycles. The van der Waals surface area contributed by atoms with E-state index >= 15 is 0 Å². The number of nitrogens with zero attached hydrogens (tertiary/aromatic N) is 3. The van der Waals surface area contributed by atoms with Gasteiger partial charge in [0.1, 0.15) is 11.1 Å². The molecule has 9 nitrogen and oxygen atoms in total. The molecular weight excluding hydrogens is 334 g/mol. The number of H-pyrrole nitrogens is 1. The lowest BCUT2D eigenvalue weighted by atomic mass is 10.4. The molecule has 0 radical (unpaired) electrons. The monoisotopic (exact) mass is 349 g/mol. The third-order valence-electron chi connectivity index (χ3n) is 3.18. The van der Waals surface area contributed by atoms with Crippen LogP contribution in [0, 0.1) is 0 Å². The molecule has 0 aliphatic carbocycles. The van der Waals surface area contributed by atoms with Crippen molar-refractivity contribution in [1.82, 2.24) is 25.1 Å². The quantitative estimate of drug-likeness (QED) is 0.408. The normalized spacial score (nSPS) is 11.0. The molecule has 1 amide bonds. The second-order valence-corrected chi connectivity index (χ2v) is 5.81. The van der Waals surface area contributed by atoms with Crippen molar-refractivity contribution in [2.75, 3.05) is 12.4 Å². The fraction of sp³-hybridized carbons (Fsp3) is 0.286.